The molecule has 0 saturated carbocycles. The maximum absolute atomic E-state index is 12.7. The third-order valence-electron chi connectivity index (χ3n) is 5.02. The monoisotopic (exact) mass is 395 g/mol. The second-order valence-corrected chi connectivity index (χ2v) is 9.28. The first-order valence-electron chi connectivity index (χ1n) is 8.49. The van der Waals surface area contributed by atoms with E-state index >= 15 is 0 Å². The third kappa shape index (κ3) is 3.20. The number of carboxylic acids is 1. The van der Waals surface area contributed by atoms with Gasteiger partial charge in [0.1, 0.15) is 30.0 Å². The quantitative estimate of drug-likeness (QED) is 0.594. The summed E-state index contributed by atoms with van der Waals surface area (Å²) in [5, 5.41) is 8.63. The molecule has 0 bridgehead atoms. The smallest absolute Gasteiger partial charge is 0.480 e. The van der Waals surface area contributed by atoms with Gasteiger partial charge < -0.3 is 19.5 Å². The fourth-order valence-electron chi connectivity index (χ4n) is 3.60. The molecular weight excluding hydrogens is 374 g/mol. The van der Waals surface area contributed by atoms with Crippen LogP contribution in [0, 0.1) is 5.92 Å². The van der Waals surface area contributed by atoms with Crippen molar-refractivity contribution < 1.29 is 33.2 Å². The van der Waals surface area contributed by atoms with Gasteiger partial charge in [0.25, 0.3) is 0 Å². The molecule has 2 aliphatic heterocycles. The van der Waals surface area contributed by atoms with Crippen LogP contribution < -0.4 is 0 Å². The number of ether oxygens (including phenoxy) is 2. The Hall–Kier alpha value is -2.42. The molecule has 0 aliphatic carbocycles. The fraction of sp³-hybridized carbons (Fsp3) is 0.500. The maximum atomic E-state index is 12.7. The zero-order valence-corrected chi connectivity index (χ0v) is 16.0. The first-order valence-corrected chi connectivity index (χ1v) is 9.70. The Morgan fingerprint density at radius 1 is 1.30 bits per heavy atom. The summed E-state index contributed by atoms with van der Waals surface area (Å²) < 4.78 is 21.9. The predicted octanol–water partition coefficient (Wildman–Crippen LogP) is 1.51. The molecule has 27 heavy (non-hydrogen) atoms. The molecule has 3 rings (SSSR count). The van der Waals surface area contributed by atoms with Crippen LogP contribution in [-0.4, -0.2) is 54.5 Å². The van der Waals surface area contributed by atoms with Crippen LogP contribution in [0.4, 0.5) is 4.79 Å². The van der Waals surface area contributed by atoms with Gasteiger partial charge in [0.05, 0.1) is 15.5 Å². The van der Waals surface area contributed by atoms with Crippen molar-refractivity contribution in [1.29, 1.82) is 0 Å². The Balaban J connectivity index is 1.64. The summed E-state index contributed by atoms with van der Waals surface area (Å²) in [6, 6.07) is 7.88. The average Bonchev–Trinajstić information content (AvgIpc) is 2.78. The Bertz CT molecular complexity index is 794. The second-order valence-electron chi connectivity index (χ2n) is 7.15. The Morgan fingerprint density at radius 2 is 1.93 bits per heavy atom. The van der Waals surface area contributed by atoms with Gasteiger partial charge in [-0.3, -0.25) is 9.00 Å². The van der Waals surface area contributed by atoms with Crippen LogP contribution in [0.1, 0.15) is 26.3 Å². The molecule has 0 spiro atoms. The van der Waals surface area contributed by atoms with Crippen LogP contribution in [0.5, 0.6) is 0 Å². The van der Waals surface area contributed by atoms with E-state index in [9.17, 15) is 23.7 Å². The van der Waals surface area contributed by atoms with Crippen LogP contribution >= 0.6 is 0 Å². The first kappa shape index (κ1) is 19.3. The molecule has 2 saturated heterocycles. The lowest BCUT2D eigenvalue weighted by Gasteiger charge is -2.44. The second kappa shape index (κ2) is 6.95. The number of hydrogen-bond donors (Lipinski definition) is 1. The van der Waals surface area contributed by atoms with E-state index in [0.717, 1.165) is 10.5 Å². The molecule has 1 aromatic carbocycles. The Kier molecular flexibility index (Phi) is 4.98. The zero-order valence-electron chi connectivity index (χ0n) is 15.2. The summed E-state index contributed by atoms with van der Waals surface area (Å²) >= 11 is 0. The van der Waals surface area contributed by atoms with Gasteiger partial charge in [-0.25, -0.2) is 9.59 Å². The highest BCUT2D eigenvalue weighted by atomic mass is 32.2. The van der Waals surface area contributed by atoms with E-state index in [1.807, 2.05) is 18.2 Å². The number of β-lactam (4-membered cyclic amide) rings is 1. The normalized spacial score (nSPS) is 29.4. The predicted molar refractivity (Wildman–Crippen MR) is 94.9 cm³/mol. The SMILES string of the molecule is CC(OC(=O)OCc1ccccc1)[C@H]1C(=O)N2[C@@H]1S(=O)C(C)(C)[C@@H]2C(=O)O. The summed E-state index contributed by atoms with van der Waals surface area (Å²) in [6.07, 6.45) is -1.82. The van der Waals surface area contributed by atoms with Crippen LogP contribution in [0.15, 0.2) is 30.3 Å². The number of fused-ring (bicyclic) bond motifs is 1. The van der Waals surface area contributed by atoms with E-state index in [-0.39, 0.29) is 6.61 Å². The minimum Gasteiger partial charge on any atom is -0.480 e. The van der Waals surface area contributed by atoms with Gasteiger partial charge in [0.2, 0.25) is 5.91 Å². The molecule has 1 aromatic rings. The molecular formula is C18H21NO7S. The van der Waals surface area contributed by atoms with E-state index in [2.05, 4.69) is 0 Å². The summed E-state index contributed by atoms with van der Waals surface area (Å²) in [5.41, 5.74) is 0.788. The highest BCUT2D eigenvalue weighted by Gasteiger charge is 2.69. The molecule has 1 amide bonds. The number of benzene rings is 1. The molecule has 2 unspecified atom stereocenters. The maximum Gasteiger partial charge on any atom is 0.508 e. The Morgan fingerprint density at radius 3 is 2.52 bits per heavy atom. The van der Waals surface area contributed by atoms with E-state index in [0.29, 0.717) is 0 Å². The van der Waals surface area contributed by atoms with Crippen molar-refractivity contribution in [2.75, 3.05) is 0 Å². The van der Waals surface area contributed by atoms with Crippen LogP contribution in [0.2, 0.25) is 0 Å². The summed E-state index contributed by atoms with van der Waals surface area (Å²) in [7, 11) is -1.60. The summed E-state index contributed by atoms with van der Waals surface area (Å²) in [4.78, 5) is 37.1. The topological polar surface area (TPSA) is 110 Å². The molecule has 146 valence electrons. The van der Waals surface area contributed by atoms with Gasteiger partial charge in [-0.15, -0.1) is 0 Å². The highest BCUT2D eigenvalue weighted by molar-refractivity contribution is 7.87. The lowest BCUT2D eigenvalue weighted by atomic mass is 9.88. The lowest BCUT2D eigenvalue weighted by molar-refractivity contribution is -0.169. The number of amides is 1. The van der Waals surface area contributed by atoms with Crippen LogP contribution in [0.3, 0.4) is 0 Å². The molecule has 5 atom stereocenters. The zero-order chi connectivity index (χ0) is 19.9. The molecule has 0 aromatic heterocycles. The van der Waals surface area contributed by atoms with Crippen molar-refractivity contribution in [1.82, 2.24) is 4.90 Å². The van der Waals surface area contributed by atoms with Gasteiger partial charge in [0.15, 0.2) is 0 Å². The van der Waals surface area contributed by atoms with Gasteiger partial charge >= 0.3 is 12.1 Å². The van der Waals surface area contributed by atoms with Crippen molar-refractivity contribution in [3.8, 4) is 0 Å². The average molecular weight is 395 g/mol. The van der Waals surface area contributed by atoms with Gasteiger partial charge in [-0.1, -0.05) is 30.3 Å². The Labute approximate surface area is 158 Å². The molecule has 2 fully saturated rings. The molecule has 1 N–H and O–H groups in total. The number of hydrogen-bond acceptors (Lipinski definition) is 6. The largest absolute Gasteiger partial charge is 0.508 e. The van der Waals surface area contributed by atoms with Crippen molar-refractivity contribution in [2.24, 2.45) is 5.92 Å². The molecule has 9 heteroatoms. The number of nitrogens with zero attached hydrogens (tertiary/aromatic N) is 1. The van der Waals surface area contributed by atoms with Crippen molar-refractivity contribution in [2.45, 2.75) is 49.6 Å². The van der Waals surface area contributed by atoms with Gasteiger partial charge in [-0.05, 0) is 26.3 Å². The van der Waals surface area contributed by atoms with Crippen LogP contribution in [-0.2, 0) is 36.5 Å². The van der Waals surface area contributed by atoms with E-state index in [4.69, 9.17) is 9.47 Å². The van der Waals surface area contributed by atoms with E-state index in [1.165, 1.54) is 6.92 Å². The minimum absolute atomic E-state index is 0.0284. The molecule has 2 aliphatic rings. The third-order valence-corrected chi connectivity index (χ3v) is 7.24. The van der Waals surface area contributed by atoms with Gasteiger partial charge in [-0.2, -0.15) is 0 Å². The summed E-state index contributed by atoms with van der Waals surface area (Å²) in [6.45, 7) is 4.66. The fourth-order valence-corrected chi connectivity index (χ4v) is 5.69. The molecule has 8 nitrogen and oxygen atoms in total. The molecule has 2 heterocycles. The first-order chi connectivity index (χ1) is 12.7. The van der Waals surface area contributed by atoms with E-state index < -0.39 is 57.0 Å². The standard InChI is InChI=1S/C18H21NO7S/c1-10(26-17(23)25-9-11-7-5-4-6-8-11)12-14(20)19-13(16(21)22)18(2,3)27(24)15(12)19/h4-8,10,12-13,15H,9H2,1-3H3,(H,21,22)/t10?,12-,13-,15+,27?/m0/s1. The van der Waals surface area contributed by atoms with Crippen LogP contribution in [0.25, 0.3) is 0 Å². The minimum atomic E-state index is -1.60. The number of aliphatic carboxylic acids is 1. The van der Waals surface area contributed by atoms with Crippen molar-refractivity contribution in [3.63, 3.8) is 0 Å². The number of carbonyl (C=O) groups excluding carboxylic acids is 2. The van der Waals surface area contributed by atoms with Crippen molar-refractivity contribution >= 4 is 28.8 Å². The lowest BCUT2D eigenvalue weighted by Crippen LogP contribution is -2.66. The molecule has 0 radical (unpaired) electrons. The van der Waals surface area contributed by atoms with Crippen molar-refractivity contribution in [3.05, 3.63) is 35.9 Å². The number of carbonyl (C=O) groups is 3. The van der Waals surface area contributed by atoms with Gasteiger partial charge in [0, 0.05) is 0 Å². The van der Waals surface area contributed by atoms with E-state index in [1.54, 1.807) is 26.0 Å². The number of carboxylic acid groups (broad SMARTS) is 1. The highest BCUT2D eigenvalue weighted by Crippen LogP contribution is 2.47. The summed E-state index contributed by atoms with van der Waals surface area (Å²) in [5.74, 6) is -2.52. The number of rotatable bonds is 5.